The Hall–Kier alpha value is -1.00. The molecule has 0 amide bonds. The molecule has 1 aliphatic rings. The van der Waals surface area contributed by atoms with Crippen molar-refractivity contribution in [3.8, 4) is 0 Å². The standard InChI is InChI=1S/C15H22F2N2/c1-12-10-18-4-2-5-19(11-12)6-3-13-7-14(16)9-15(17)8-13/h7-9,12,18H,2-6,10-11H2,1H3. The van der Waals surface area contributed by atoms with E-state index < -0.39 is 11.6 Å². The van der Waals surface area contributed by atoms with Crippen molar-refractivity contribution in [1.82, 2.24) is 10.2 Å². The number of benzene rings is 1. The first-order chi connectivity index (χ1) is 9.13. The van der Waals surface area contributed by atoms with Crippen LogP contribution in [0.5, 0.6) is 0 Å². The highest BCUT2D eigenvalue weighted by Crippen LogP contribution is 2.10. The van der Waals surface area contributed by atoms with E-state index >= 15 is 0 Å². The van der Waals surface area contributed by atoms with Crippen LogP contribution in [0.25, 0.3) is 0 Å². The van der Waals surface area contributed by atoms with Gasteiger partial charge in [0.1, 0.15) is 11.6 Å². The van der Waals surface area contributed by atoms with Crippen LogP contribution in [0.15, 0.2) is 18.2 Å². The molecule has 0 aliphatic carbocycles. The molecule has 4 heteroatoms. The smallest absolute Gasteiger partial charge is 0.126 e. The summed E-state index contributed by atoms with van der Waals surface area (Å²) in [5.41, 5.74) is 0.741. The van der Waals surface area contributed by atoms with E-state index in [0.29, 0.717) is 12.3 Å². The summed E-state index contributed by atoms with van der Waals surface area (Å²) in [6.07, 6.45) is 1.83. The van der Waals surface area contributed by atoms with E-state index in [4.69, 9.17) is 0 Å². The first-order valence-electron chi connectivity index (χ1n) is 7.01. The summed E-state index contributed by atoms with van der Waals surface area (Å²) in [4.78, 5) is 2.40. The van der Waals surface area contributed by atoms with Gasteiger partial charge in [-0.15, -0.1) is 0 Å². The molecule has 106 valence electrons. The minimum atomic E-state index is -0.486. The number of nitrogens with one attached hydrogen (secondary N) is 1. The third kappa shape index (κ3) is 4.88. The number of halogens is 2. The normalized spacial score (nSPS) is 21.9. The van der Waals surface area contributed by atoms with Crippen molar-refractivity contribution in [3.63, 3.8) is 0 Å². The Balaban J connectivity index is 1.89. The molecule has 1 saturated heterocycles. The first kappa shape index (κ1) is 14.4. The van der Waals surface area contributed by atoms with Crippen molar-refractivity contribution >= 4 is 0 Å². The number of nitrogens with zero attached hydrogens (tertiary/aromatic N) is 1. The predicted octanol–water partition coefficient (Wildman–Crippen LogP) is 2.44. The first-order valence-corrected chi connectivity index (χ1v) is 7.01. The predicted molar refractivity (Wildman–Crippen MR) is 73.2 cm³/mol. The van der Waals surface area contributed by atoms with Crippen LogP contribution in [0.4, 0.5) is 8.78 Å². The summed E-state index contributed by atoms with van der Waals surface area (Å²) in [6, 6.07) is 3.78. The molecule has 0 bridgehead atoms. The molecule has 0 radical (unpaired) electrons. The van der Waals surface area contributed by atoms with Crippen LogP contribution in [0, 0.1) is 17.6 Å². The highest BCUT2D eigenvalue weighted by molar-refractivity contribution is 5.18. The maximum atomic E-state index is 13.1. The quantitative estimate of drug-likeness (QED) is 0.906. The van der Waals surface area contributed by atoms with E-state index in [-0.39, 0.29) is 0 Å². The fourth-order valence-corrected chi connectivity index (χ4v) is 2.62. The zero-order chi connectivity index (χ0) is 13.7. The summed E-state index contributed by atoms with van der Waals surface area (Å²) >= 11 is 0. The average Bonchev–Trinajstić information content (AvgIpc) is 2.30. The van der Waals surface area contributed by atoms with Crippen LogP contribution in [0.2, 0.25) is 0 Å². The van der Waals surface area contributed by atoms with Gasteiger partial charge in [0.15, 0.2) is 0 Å². The lowest BCUT2D eigenvalue weighted by atomic mass is 10.1. The Kier molecular flexibility index (Phi) is 5.28. The molecule has 1 aromatic carbocycles. The second-order valence-corrected chi connectivity index (χ2v) is 5.49. The monoisotopic (exact) mass is 268 g/mol. The molecule has 1 N–H and O–H groups in total. The topological polar surface area (TPSA) is 15.3 Å². The van der Waals surface area contributed by atoms with Crippen molar-refractivity contribution in [2.24, 2.45) is 5.92 Å². The fraction of sp³-hybridized carbons (Fsp3) is 0.600. The average molecular weight is 268 g/mol. The second-order valence-electron chi connectivity index (χ2n) is 5.49. The van der Waals surface area contributed by atoms with Crippen LogP contribution >= 0.6 is 0 Å². The van der Waals surface area contributed by atoms with Gasteiger partial charge in [-0.3, -0.25) is 0 Å². The molecule has 1 aliphatic heterocycles. The number of hydrogen-bond donors (Lipinski definition) is 1. The Bertz CT molecular complexity index is 389. The zero-order valence-electron chi connectivity index (χ0n) is 11.5. The molecule has 0 spiro atoms. The molecule has 1 aromatic rings. The van der Waals surface area contributed by atoms with Crippen molar-refractivity contribution in [3.05, 3.63) is 35.4 Å². The molecule has 2 nitrogen and oxygen atoms in total. The summed E-state index contributed by atoms with van der Waals surface area (Å²) in [6.45, 7) is 7.29. The van der Waals surface area contributed by atoms with Crippen LogP contribution < -0.4 is 5.32 Å². The van der Waals surface area contributed by atoms with E-state index in [1.807, 2.05) is 0 Å². The van der Waals surface area contributed by atoms with E-state index in [2.05, 4.69) is 17.1 Å². The molecule has 0 aromatic heterocycles. The Morgan fingerprint density at radius 1 is 1.26 bits per heavy atom. The van der Waals surface area contributed by atoms with Crippen LogP contribution in [-0.4, -0.2) is 37.6 Å². The molecular weight excluding hydrogens is 246 g/mol. The summed E-state index contributed by atoms with van der Waals surface area (Å²) in [7, 11) is 0. The summed E-state index contributed by atoms with van der Waals surface area (Å²) < 4.78 is 26.2. The minimum Gasteiger partial charge on any atom is -0.316 e. The highest BCUT2D eigenvalue weighted by atomic mass is 19.1. The van der Waals surface area contributed by atoms with Gasteiger partial charge < -0.3 is 10.2 Å². The van der Waals surface area contributed by atoms with Gasteiger partial charge >= 0.3 is 0 Å². The molecule has 1 unspecified atom stereocenters. The lowest BCUT2D eigenvalue weighted by Gasteiger charge is -2.28. The van der Waals surface area contributed by atoms with Gasteiger partial charge in [-0.1, -0.05) is 6.92 Å². The van der Waals surface area contributed by atoms with Crippen molar-refractivity contribution < 1.29 is 8.78 Å². The minimum absolute atomic E-state index is 0.486. The lowest BCUT2D eigenvalue weighted by Crippen LogP contribution is -2.39. The van der Waals surface area contributed by atoms with E-state index in [1.165, 1.54) is 12.1 Å². The zero-order valence-corrected chi connectivity index (χ0v) is 11.5. The summed E-state index contributed by atoms with van der Waals surface area (Å²) in [5.74, 6) is -0.356. The van der Waals surface area contributed by atoms with E-state index in [1.54, 1.807) is 0 Å². The van der Waals surface area contributed by atoms with Gasteiger partial charge in [-0.05, 0) is 56.1 Å². The van der Waals surface area contributed by atoms with Crippen molar-refractivity contribution in [2.45, 2.75) is 19.8 Å². The SMILES string of the molecule is CC1CNCCCN(CCc2cc(F)cc(F)c2)C1. The molecule has 0 saturated carbocycles. The van der Waals surface area contributed by atoms with Gasteiger partial charge in [0.25, 0.3) is 0 Å². The third-order valence-electron chi connectivity index (χ3n) is 3.53. The van der Waals surface area contributed by atoms with Crippen LogP contribution in [-0.2, 0) is 6.42 Å². The lowest BCUT2D eigenvalue weighted by molar-refractivity contribution is 0.218. The molecule has 19 heavy (non-hydrogen) atoms. The van der Waals surface area contributed by atoms with Crippen LogP contribution in [0.3, 0.4) is 0 Å². The number of rotatable bonds is 3. The van der Waals surface area contributed by atoms with Crippen molar-refractivity contribution in [1.29, 1.82) is 0 Å². The Morgan fingerprint density at radius 3 is 2.74 bits per heavy atom. The van der Waals surface area contributed by atoms with E-state index in [0.717, 1.165) is 50.8 Å². The van der Waals surface area contributed by atoms with Gasteiger partial charge in [0.2, 0.25) is 0 Å². The van der Waals surface area contributed by atoms with Gasteiger partial charge in [0, 0.05) is 19.2 Å². The molecule has 2 rings (SSSR count). The number of hydrogen-bond acceptors (Lipinski definition) is 2. The van der Waals surface area contributed by atoms with Gasteiger partial charge in [-0.2, -0.15) is 0 Å². The van der Waals surface area contributed by atoms with Gasteiger partial charge in [-0.25, -0.2) is 8.78 Å². The third-order valence-corrected chi connectivity index (χ3v) is 3.53. The second kappa shape index (κ2) is 6.96. The molecular formula is C15H22F2N2. The van der Waals surface area contributed by atoms with E-state index in [9.17, 15) is 8.78 Å². The molecule has 1 heterocycles. The highest BCUT2D eigenvalue weighted by Gasteiger charge is 2.13. The Labute approximate surface area is 113 Å². The maximum absolute atomic E-state index is 13.1. The summed E-state index contributed by atoms with van der Waals surface area (Å²) in [5, 5.41) is 3.42. The molecule has 1 atom stereocenters. The Morgan fingerprint density at radius 2 is 2.00 bits per heavy atom. The fourth-order valence-electron chi connectivity index (χ4n) is 2.62. The maximum Gasteiger partial charge on any atom is 0.126 e. The molecule has 1 fully saturated rings. The largest absolute Gasteiger partial charge is 0.316 e. The van der Waals surface area contributed by atoms with Crippen LogP contribution in [0.1, 0.15) is 18.9 Å². The van der Waals surface area contributed by atoms with Crippen molar-refractivity contribution in [2.75, 3.05) is 32.7 Å². The van der Waals surface area contributed by atoms with Gasteiger partial charge in [0.05, 0.1) is 0 Å².